The Labute approximate surface area is 182 Å². The van der Waals surface area contributed by atoms with Gasteiger partial charge >= 0.3 is 0 Å². The monoisotopic (exact) mass is 444 g/mol. The molecule has 4 nitrogen and oxygen atoms in total. The van der Waals surface area contributed by atoms with Gasteiger partial charge in [-0.1, -0.05) is 41.4 Å². The van der Waals surface area contributed by atoms with E-state index in [1.54, 1.807) is 30.3 Å². The number of carbonyl (C=O) groups excluding carboxylic acids is 2. The molecule has 1 aliphatic rings. The van der Waals surface area contributed by atoms with Crippen LogP contribution >= 0.6 is 34.5 Å². The summed E-state index contributed by atoms with van der Waals surface area (Å²) in [4.78, 5) is 25.9. The van der Waals surface area contributed by atoms with E-state index in [2.05, 4.69) is 10.6 Å². The number of thiophene rings is 1. The first-order chi connectivity index (χ1) is 14.0. The molecular weight excluding hydrogens is 427 g/mol. The molecule has 0 bridgehead atoms. The van der Waals surface area contributed by atoms with E-state index in [-0.39, 0.29) is 17.4 Å². The van der Waals surface area contributed by atoms with Crippen molar-refractivity contribution in [2.75, 3.05) is 5.32 Å². The second-order valence-corrected chi connectivity index (χ2v) is 8.81. The molecule has 1 aromatic heterocycles. The van der Waals surface area contributed by atoms with Gasteiger partial charge in [0.15, 0.2) is 0 Å². The summed E-state index contributed by atoms with van der Waals surface area (Å²) in [6, 6.07) is 16.0. The molecule has 1 fully saturated rings. The number of hydrogen-bond donors (Lipinski definition) is 2. The van der Waals surface area contributed by atoms with Crippen LogP contribution < -0.4 is 10.6 Å². The number of halogens is 2. The average molecular weight is 445 g/mol. The summed E-state index contributed by atoms with van der Waals surface area (Å²) in [5, 5.41) is 8.83. The predicted molar refractivity (Wildman–Crippen MR) is 118 cm³/mol. The Bertz CT molecular complexity index is 1050. The summed E-state index contributed by atoms with van der Waals surface area (Å²) in [7, 11) is 0. The predicted octanol–water partition coefficient (Wildman–Crippen LogP) is 6.12. The number of carbonyl (C=O) groups is 2. The minimum atomic E-state index is -0.387. The summed E-state index contributed by atoms with van der Waals surface area (Å²) in [6.45, 7) is 0. The van der Waals surface area contributed by atoms with Gasteiger partial charge in [-0.3, -0.25) is 9.59 Å². The summed E-state index contributed by atoms with van der Waals surface area (Å²) < 4.78 is 0. The number of hydrogen-bond acceptors (Lipinski definition) is 3. The maximum atomic E-state index is 13.0. The van der Waals surface area contributed by atoms with Crippen molar-refractivity contribution in [1.29, 1.82) is 0 Å². The minimum Gasteiger partial charge on any atom is -0.343 e. The Morgan fingerprint density at radius 1 is 0.966 bits per heavy atom. The number of amides is 2. The van der Waals surface area contributed by atoms with Crippen molar-refractivity contribution in [3.05, 3.63) is 86.0 Å². The molecule has 0 saturated heterocycles. The lowest BCUT2D eigenvalue weighted by Crippen LogP contribution is -2.50. The van der Waals surface area contributed by atoms with Gasteiger partial charge in [-0.05, 0) is 66.6 Å². The third-order valence-corrected chi connectivity index (χ3v) is 6.63. The first kappa shape index (κ1) is 20.0. The van der Waals surface area contributed by atoms with Gasteiger partial charge in [0.05, 0.1) is 21.1 Å². The van der Waals surface area contributed by atoms with Crippen molar-refractivity contribution < 1.29 is 9.59 Å². The fraction of sp³-hybridized carbons (Fsp3) is 0.182. The summed E-state index contributed by atoms with van der Waals surface area (Å²) >= 11 is 13.6. The van der Waals surface area contributed by atoms with Crippen LogP contribution in [0.15, 0.2) is 60.0 Å². The molecule has 0 aliphatic heterocycles. The van der Waals surface area contributed by atoms with Crippen molar-refractivity contribution in [2.45, 2.75) is 24.8 Å². The minimum absolute atomic E-state index is 0.206. The topological polar surface area (TPSA) is 58.2 Å². The molecule has 7 heteroatoms. The molecule has 2 amide bonds. The van der Waals surface area contributed by atoms with E-state index in [9.17, 15) is 9.59 Å². The Morgan fingerprint density at radius 3 is 2.34 bits per heavy atom. The molecule has 1 saturated carbocycles. The van der Waals surface area contributed by atoms with Gasteiger partial charge < -0.3 is 10.6 Å². The molecular formula is C22H18Cl2N2O2S. The fourth-order valence-corrected chi connectivity index (χ4v) is 4.34. The van der Waals surface area contributed by atoms with Gasteiger partial charge in [0, 0.05) is 10.6 Å². The van der Waals surface area contributed by atoms with Crippen molar-refractivity contribution in [3.63, 3.8) is 0 Å². The summed E-state index contributed by atoms with van der Waals surface area (Å²) in [5.41, 5.74) is 1.51. The van der Waals surface area contributed by atoms with Crippen molar-refractivity contribution in [2.24, 2.45) is 0 Å². The van der Waals surface area contributed by atoms with E-state index < -0.39 is 0 Å². The highest BCUT2D eigenvalue weighted by Crippen LogP contribution is 2.42. The average Bonchev–Trinajstić information content (AvgIpc) is 3.22. The van der Waals surface area contributed by atoms with Crippen LogP contribution in [0.2, 0.25) is 10.0 Å². The lowest BCUT2D eigenvalue weighted by molar-refractivity contribution is 0.0823. The molecule has 148 valence electrons. The van der Waals surface area contributed by atoms with Crippen LogP contribution in [0.1, 0.15) is 44.9 Å². The standard InChI is InChI=1S/C22H18Cl2N2O2S/c23-16-7-5-15(6-8-16)22(10-2-11-22)26-20(27)14-4-9-17(24)18(13-14)25-21(28)19-3-1-12-29-19/h1,3-9,12-13H,2,10-11H2,(H,25,28)(H,26,27). The highest BCUT2D eigenvalue weighted by atomic mass is 35.5. The Morgan fingerprint density at radius 2 is 1.72 bits per heavy atom. The summed E-state index contributed by atoms with van der Waals surface area (Å²) in [5.74, 6) is -0.459. The van der Waals surface area contributed by atoms with Crippen LogP contribution in [0, 0.1) is 0 Å². The zero-order valence-corrected chi connectivity index (χ0v) is 17.7. The molecule has 1 heterocycles. The van der Waals surface area contributed by atoms with Crippen molar-refractivity contribution >= 4 is 52.0 Å². The van der Waals surface area contributed by atoms with Gasteiger partial charge in [0.25, 0.3) is 11.8 Å². The number of anilines is 1. The number of rotatable bonds is 5. The van der Waals surface area contributed by atoms with E-state index in [0.29, 0.717) is 26.2 Å². The fourth-order valence-electron chi connectivity index (χ4n) is 3.43. The van der Waals surface area contributed by atoms with Gasteiger partial charge in [-0.25, -0.2) is 0 Å². The van der Waals surface area contributed by atoms with E-state index in [1.807, 2.05) is 29.6 Å². The quantitative estimate of drug-likeness (QED) is 0.497. The van der Waals surface area contributed by atoms with Crippen LogP contribution in [0.5, 0.6) is 0 Å². The Kier molecular flexibility index (Phi) is 5.63. The molecule has 1 aliphatic carbocycles. The zero-order chi connectivity index (χ0) is 20.4. The third-order valence-electron chi connectivity index (χ3n) is 5.18. The van der Waals surface area contributed by atoms with Crippen molar-refractivity contribution in [1.82, 2.24) is 5.32 Å². The van der Waals surface area contributed by atoms with E-state index in [4.69, 9.17) is 23.2 Å². The lowest BCUT2D eigenvalue weighted by atomic mass is 9.71. The van der Waals surface area contributed by atoms with Gasteiger partial charge in [-0.2, -0.15) is 0 Å². The molecule has 2 aromatic carbocycles. The molecule has 0 radical (unpaired) electrons. The largest absolute Gasteiger partial charge is 0.343 e. The number of benzene rings is 2. The first-order valence-corrected chi connectivity index (χ1v) is 10.8. The van der Waals surface area contributed by atoms with E-state index >= 15 is 0 Å². The first-order valence-electron chi connectivity index (χ1n) is 9.20. The smallest absolute Gasteiger partial charge is 0.265 e. The lowest BCUT2D eigenvalue weighted by Gasteiger charge is -2.43. The highest BCUT2D eigenvalue weighted by molar-refractivity contribution is 7.12. The van der Waals surface area contributed by atoms with Crippen LogP contribution in [0.3, 0.4) is 0 Å². The maximum absolute atomic E-state index is 13.0. The van der Waals surface area contributed by atoms with Crippen LogP contribution in [0.4, 0.5) is 5.69 Å². The molecule has 0 spiro atoms. The normalized spacial score (nSPS) is 14.7. The second-order valence-electron chi connectivity index (χ2n) is 7.02. The Balaban J connectivity index is 1.54. The van der Waals surface area contributed by atoms with Crippen molar-refractivity contribution in [3.8, 4) is 0 Å². The molecule has 2 N–H and O–H groups in total. The zero-order valence-electron chi connectivity index (χ0n) is 15.4. The summed E-state index contributed by atoms with van der Waals surface area (Å²) in [6.07, 6.45) is 2.79. The SMILES string of the molecule is O=C(NC1(c2ccc(Cl)cc2)CCC1)c1ccc(Cl)c(NC(=O)c2cccs2)c1. The second kappa shape index (κ2) is 8.19. The molecule has 4 rings (SSSR count). The molecule has 3 aromatic rings. The van der Waals surface area contributed by atoms with Crippen LogP contribution in [-0.4, -0.2) is 11.8 Å². The maximum Gasteiger partial charge on any atom is 0.265 e. The highest BCUT2D eigenvalue weighted by Gasteiger charge is 2.40. The van der Waals surface area contributed by atoms with E-state index in [1.165, 1.54) is 11.3 Å². The van der Waals surface area contributed by atoms with Gasteiger partial charge in [0.1, 0.15) is 0 Å². The van der Waals surface area contributed by atoms with Gasteiger partial charge in [0.2, 0.25) is 0 Å². The molecule has 0 atom stereocenters. The van der Waals surface area contributed by atoms with Crippen LogP contribution in [0.25, 0.3) is 0 Å². The Hall–Kier alpha value is -2.34. The molecule has 0 unspecified atom stereocenters. The molecule has 29 heavy (non-hydrogen) atoms. The van der Waals surface area contributed by atoms with Crippen LogP contribution in [-0.2, 0) is 5.54 Å². The van der Waals surface area contributed by atoms with Gasteiger partial charge in [-0.15, -0.1) is 11.3 Å². The number of nitrogens with one attached hydrogen (secondary N) is 2. The van der Waals surface area contributed by atoms with E-state index in [0.717, 1.165) is 24.8 Å². The third kappa shape index (κ3) is 4.17.